The topological polar surface area (TPSA) is 30.9 Å². The van der Waals surface area contributed by atoms with Crippen LogP contribution in [-0.4, -0.2) is 57.0 Å². The summed E-state index contributed by atoms with van der Waals surface area (Å²) < 4.78 is 28.2. The van der Waals surface area contributed by atoms with Crippen LogP contribution in [0.2, 0.25) is 0 Å². The van der Waals surface area contributed by atoms with E-state index in [9.17, 15) is 8.78 Å². The molecule has 1 aromatic carbocycles. The standard InChI is InChI=1S/C18H28F2N4.HI/c1-6-7-8-12-24(5)18(21-2)22-13-16(23(3)4)17-14(19)10-9-11-15(17)20;/h6,9-11,16H,1,7-8,12-13H2,2-5H3,(H,21,22);1H. The van der Waals surface area contributed by atoms with Crippen LogP contribution in [0.1, 0.15) is 24.4 Å². The lowest BCUT2D eigenvalue weighted by Gasteiger charge is -2.28. The van der Waals surface area contributed by atoms with Crippen LogP contribution in [0, 0.1) is 11.6 Å². The zero-order valence-electron chi connectivity index (χ0n) is 15.4. The first kappa shape index (κ1) is 23.8. The van der Waals surface area contributed by atoms with Gasteiger partial charge in [-0.1, -0.05) is 12.1 Å². The van der Waals surface area contributed by atoms with E-state index in [4.69, 9.17) is 0 Å². The molecule has 25 heavy (non-hydrogen) atoms. The molecular formula is C18H29F2IN4. The highest BCUT2D eigenvalue weighted by molar-refractivity contribution is 14.0. The van der Waals surface area contributed by atoms with Crippen LogP contribution in [0.4, 0.5) is 8.78 Å². The van der Waals surface area contributed by atoms with Gasteiger partial charge in [0, 0.05) is 32.7 Å². The van der Waals surface area contributed by atoms with Crippen molar-refractivity contribution in [1.29, 1.82) is 0 Å². The average molecular weight is 466 g/mol. The van der Waals surface area contributed by atoms with Crippen molar-refractivity contribution < 1.29 is 8.78 Å². The molecule has 1 aromatic rings. The maximum atomic E-state index is 14.1. The minimum Gasteiger partial charge on any atom is -0.354 e. The van der Waals surface area contributed by atoms with Crippen LogP contribution in [0.15, 0.2) is 35.8 Å². The first-order chi connectivity index (χ1) is 11.4. The van der Waals surface area contributed by atoms with Gasteiger partial charge in [-0.05, 0) is 39.1 Å². The SMILES string of the molecule is C=CCCCN(C)C(=NC)NCC(c1c(F)cccc1F)N(C)C.I. The van der Waals surface area contributed by atoms with Gasteiger partial charge in [-0.15, -0.1) is 30.6 Å². The zero-order chi connectivity index (χ0) is 18.1. The Bertz CT molecular complexity index is 544. The third kappa shape index (κ3) is 7.27. The lowest BCUT2D eigenvalue weighted by atomic mass is 10.0. The summed E-state index contributed by atoms with van der Waals surface area (Å²) in [5.74, 6) is -0.377. The number of likely N-dealkylation sites (N-methyl/N-ethyl adjacent to an activating group) is 1. The molecule has 0 aliphatic heterocycles. The summed E-state index contributed by atoms with van der Waals surface area (Å²) in [4.78, 5) is 8.02. The average Bonchev–Trinajstić information content (AvgIpc) is 2.53. The fourth-order valence-corrected chi connectivity index (χ4v) is 2.52. The predicted molar refractivity (Wildman–Crippen MR) is 112 cm³/mol. The third-order valence-corrected chi connectivity index (χ3v) is 3.88. The minimum absolute atomic E-state index is 0. The van der Waals surface area contributed by atoms with Crippen LogP contribution in [0.5, 0.6) is 0 Å². The maximum absolute atomic E-state index is 14.1. The summed E-state index contributed by atoms with van der Waals surface area (Å²) >= 11 is 0. The molecule has 1 rings (SSSR count). The number of guanidine groups is 1. The molecule has 142 valence electrons. The largest absolute Gasteiger partial charge is 0.354 e. The van der Waals surface area contributed by atoms with Gasteiger partial charge in [0.25, 0.3) is 0 Å². The molecule has 0 spiro atoms. The van der Waals surface area contributed by atoms with Gasteiger partial charge >= 0.3 is 0 Å². The Balaban J connectivity index is 0.00000576. The van der Waals surface area contributed by atoms with E-state index in [1.807, 2.05) is 18.0 Å². The van der Waals surface area contributed by atoms with Gasteiger partial charge in [0.15, 0.2) is 5.96 Å². The Hall–Kier alpha value is -1.22. The monoisotopic (exact) mass is 466 g/mol. The van der Waals surface area contributed by atoms with E-state index < -0.39 is 17.7 Å². The van der Waals surface area contributed by atoms with E-state index in [2.05, 4.69) is 16.9 Å². The molecule has 0 radical (unpaired) electrons. The summed E-state index contributed by atoms with van der Waals surface area (Å²) in [5.41, 5.74) is 0.0692. The molecule has 0 aromatic heterocycles. The molecule has 0 aliphatic rings. The Kier molecular flexibility index (Phi) is 11.6. The molecule has 0 saturated carbocycles. The number of hydrogen-bond donors (Lipinski definition) is 1. The summed E-state index contributed by atoms with van der Waals surface area (Å²) in [7, 11) is 7.23. The van der Waals surface area contributed by atoms with E-state index >= 15 is 0 Å². The summed E-state index contributed by atoms with van der Waals surface area (Å²) in [5, 5.41) is 3.21. The van der Waals surface area contributed by atoms with Gasteiger partial charge in [0.05, 0.1) is 6.04 Å². The number of nitrogens with zero attached hydrogens (tertiary/aromatic N) is 3. The van der Waals surface area contributed by atoms with Gasteiger partial charge in [-0.25, -0.2) is 8.78 Å². The molecule has 0 amide bonds. The fraction of sp³-hybridized carbons (Fsp3) is 0.500. The number of hydrogen-bond acceptors (Lipinski definition) is 2. The second-order valence-electron chi connectivity index (χ2n) is 5.90. The Morgan fingerprint density at radius 2 is 1.88 bits per heavy atom. The highest BCUT2D eigenvalue weighted by atomic mass is 127. The van der Waals surface area contributed by atoms with Crippen LogP contribution in [0.25, 0.3) is 0 Å². The van der Waals surface area contributed by atoms with E-state index in [1.54, 1.807) is 26.0 Å². The van der Waals surface area contributed by atoms with E-state index in [-0.39, 0.29) is 29.5 Å². The van der Waals surface area contributed by atoms with Crippen molar-refractivity contribution in [3.8, 4) is 0 Å². The van der Waals surface area contributed by atoms with Crippen LogP contribution < -0.4 is 5.32 Å². The minimum atomic E-state index is -0.537. The number of allylic oxidation sites excluding steroid dienone is 1. The number of halogens is 3. The predicted octanol–water partition coefficient (Wildman–Crippen LogP) is 3.66. The highest BCUT2D eigenvalue weighted by Crippen LogP contribution is 2.23. The number of nitrogens with one attached hydrogen (secondary N) is 1. The second kappa shape index (κ2) is 12.2. The van der Waals surface area contributed by atoms with Crippen LogP contribution in [0.3, 0.4) is 0 Å². The molecule has 1 N–H and O–H groups in total. The Labute approximate surface area is 167 Å². The summed E-state index contributed by atoms with van der Waals surface area (Å²) in [6.07, 6.45) is 3.79. The molecular weight excluding hydrogens is 437 g/mol. The van der Waals surface area contributed by atoms with Crippen molar-refractivity contribution >= 4 is 29.9 Å². The Morgan fingerprint density at radius 3 is 2.36 bits per heavy atom. The normalized spacial score (nSPS) is 12.5. The van der Waals surface area contributed by atoms with Crippen molar-refractivity contribution in [3.63, 3.8) is 0 Å². The van der Waals surface area contributed by atoms with Crippen molar-refractivity contribution in [2.24, 2.45) is 4.99 Å². The van der Waals surface area contributed by atoms with Crippen molar-refractivity contribution in [1.82, 2.24) is 15.1 Å². The molecule has 0 aliphatic carbocycles. The molecule has 4 nitrogen and oxygen atoms in total. The van der Waals surface area contributed by atoms with Gasteiger partial charge in [0.1, 0.15) is 11.6 Å². The number of unbranched alkanes of at least 4 members (excludes halogenated alkanes) is 1. The van der Waals surface area contributed by atoms with Crippen molar-refractivity contribution in [3.05, 3.63) is 48.1 Å². The van der Waals surface area contributed by atoms with Gasteiger partial charge in [-0.3, -0.25) is 4.99 Å². The molecule has 0 fully saturated rings. The van der Waals surface area contributed by atoms with Crippen molar-refractivity contribution in [2.75, 3.05) is 41.3 Å². The lowest BCUT2D eigenvalue weighted by Crippen LogP contribution is -2.43. The molecule has 0 heterocycles. The molecule has 0 bridgehead atoms. The molecule has 0 saturated heterocycles. The maximum Gasteiger partial charge on any atom is 0.193 e. The quantitative estimate of drug-likeness (QED) is 0.209. The molecule has 1 unspecified atom stereocenters. The smallest absolute Gasteiger partial charge is 0.193 e. The summed E-state index contributed by atoms with van der Waals surface area (Å²) in [6, 6.07) is 3.50. The number of benzene rings is 1. The zero-order valence-corrected chi connectivity index (χ0v) is 17.8. The van der Waals surface area contributed by atoms with E-state index in [0.29, 0.717) is 12.5 Å². The van der Waals surface area contributed by atoms with E-state index in [0.717, 1.165) is 19.4 Å². The van der Waals surface area contributed by atoms with Gasteiger partial charge < -0.3 is 15.1 Å². The number of aliphatic imine (C=N–C) groups is 1. The lowest BCUT2D eigenvalue weighted by molar-refractivity contribution is 0.280. The first-order valence-corrected chi connectivity index (χ1v) is 8.05. The molecule has 7 heteroatoms. The van der Waals surface area contributed by atoms with Crippen molar-refractivity contribution in [2.45, 2.75) is 18.9 Å². The van der Waals surface area contributed by atoms with Gasteiger partial charge in [-0.2, -0.15) is 0 Å². The van der Waals surface area contributed by atoms with Crippen LogP contribution in [-0.2, 0) is 0 Å². The summed E-state index contributed by atoms with van der Waals surface area (Å²) in [6.45, 7) is 4.89. The fourth-order valence-electron chi connectivity index (χ4n) is 2.52. The third-order valence-electron chi connectivity index (χ3n) is 3.88. The highest BCUT2D eigenvalue weighted by Gasteiger charge is 2.22. The molecule has 1 atom stereocenters. The first-order valence-electron chi connectivity index (χ1n) is 8.05. The van der Waals surface area contributed by atoms with Crippen LogP contribution >= 0.6 is 24.0 Å². The second-order valence-corrected chi connectivity index (χ2v) is 5.90. The van der Waals surface area contributed by atoms with E-state index in [1.165, 1.54) is 18.2 Å². The Morgan fingerprint density at radius 1 is 1.28 bits per heavy atom. The van der Waals surface area contributed by atoms with Gasteiger partial charge in [0.2, 0.25) is 0 Å². The number of rotatable bonds is 8.